The Morgan fingerprint density at radius 2 is 2.03 bits per heavy atom. The van der Waals surface area contributed by atoms with Crippen molar-refractivity contribution in [3.8, 4) is 11.4 Å². The van der Waals surface area contributed by atoms with Crippen LogP contribution in [0.4, 0.5) is 4.39 Å². The third-order valence-electron chi connectivity index (χ3n) is 4.56. The van der Waals surface area contributed by atoms with Gasteiger partial charge in [0.1, 0.15) is 22.5 Å². The van der Waals surface area contributed by atoms with Gasteiger partial charge in [0.25, 0.3) is 0 Å². The number of carbonyl (C=O) groups is 1. The van der Waals surface area contributed by atoms with Crippen molar-refractivity contribution in [3.63, 3.8) is 0 Å². The maximum atomic E-state index is 13.4. The average molecular weight is 413 g/mol. The van der Waals surface area contributed by atoms with E-state index in [-0.39, 0.29) is 17.8 Å². The van der Waals surface area contributed by atoms with Crippen molar-refractivity contribution in [2.75, 3.05) is 7.11 Å². The second-order valence-electron chi connectivity index (χ2n) is 6.88. The van der Waals surface area contributed by atoms with E-state index in [1.807, 2.05) is 25.1 Å². The number of methoxy groups -OCH3 is 1. The first kappa shape index (κ1) is 19.4. The van der Waals surface area contributed by atoms with Crippen molar-refractivity contribution in [1.82, 2.24) is 25.5 Å². The van der Waals surface area contributed by atoms with Gasteiger partial charge in [-0.1, -0.05) is 30.0 Å². The van der Waals surface area contributed by atoms with Crippen molar-refractivity contribution < 1.29 is 13.9 Å². The molecule has 1 fully saturated rings. The zero-order valence-electron chi connectivity index (χ0n) is 16.0. The highest BCUT2D eigenvalue weighted by Crippen LogP contribution is 2.37. The van der Waals surface area contributed by atoms with Gasteiger partial charge in [-0.3, -0.25) is 4.79 Å². The highest BCUT2D eigenvalue weighted by molar-refractivity contribution is 8.00. The zero-order chi connectivity index (χ0) is 20.4. The number of aryl methyl sites for hydroxylation is 1. The van der Waals surface area contributed by atoms with Crippen molar-refractivity contribution in [1.29, 1.82) is 0 Å². The molecule has 1 heterocycles. The summed E-state index contributed by atoms with van der Waals surface area (Å²) in [7, 11) is 1.58. The largest absolute Gasteiger partial charge is 0.494 e. The molecule has 9 heteroatoms. The van der Waals surface area contributed by atoms with E-state index in [9.17, 15) is 9.18 Å². The summed E-state index contributed by atoms with van der Waals surface area (Å²) in [4.78, 5) is 12.9. The molecule has 0 aliphatic heterocycles. The van der Waals surface area contributed by atoms with Crippen LogP contribution in [0.15, 0.2) is 47.6 Å². The maximum absolute atomic E-state index is 13.4. The number of aromatic nitrogens is 4. The average Bonchev–Trinajstić information content (AvgIpc) is 3.41. The van der Waals surface area contributed by atoms with Crippen molar-refractivity contribution in [2.24, 2.45) is 0 Å². The lowest BCUT2D eigenvalue weighted by Crippen LogP contribution is -2.30. The number of benzene rings is 2. The predicted molar refractivity (Wildman–Crippen MR) is 107 cm³/mol. The number of hydrogen-bond acceptors (Lipinski definition) is 6. The molecular formula is C20H20FN5O2S. The molecule has 0 spiro atoms. The van der Waals surface area contributed by atoms with Crippen LogP contribution in [0.2, 0.25) is 0 Å². The Bertz CT molecular complexity index is 1020. The van der Waals surface area contributed by atoms with Crippen LogP contribution in [0.5, 0.6) is 5.75 Å². The van der Waals surface area contributed by atoms with Gasteiger partial charge in [-0.15, -0.1) is 5.10 Å². The molecule has 1 unspecified atom stereocenters. The lowest BCUT2D eigenvalue weighted by atomic mass is 10.1. The molecule has 1 amide bonds. The third kappa shape index (κ3) is 4.40. The second kappa shape index (κ2) is 8.20. The fourth-order valence-corrected chi connectivity index (χ4v) is 3.89. The number of halogens is 1. The number of tetrazole rings is 1. The minimum Gasteiger partial charge on any atom is -0.494 e. The number of rotatable bonds is 7. The van der Waals surface area contributed by atoms with Gasteiger partial charge in [-0.25, -0.2) is 4.39 Å². The van der Waals surface area contributed by atoms with Crippen LogP contribution in [-0.4, -0.2) is 39.3 Å². The molecule has 7 nitrogen and oxygen atoms in total. The van der Waals surface area contributed by atoms with Gasteiger partial charge >= 0.3 is 0 Å². The van der Waals surface area contributed by atoms with Crippen LogP contribution in [0, 0.1) is 12.7 Å². The normalized spacial score (nSPS) is 14.4. The summed E-state index contributed by atoms with van der Waals surface area (Å²) < 4.78 is 20.4. The highest BCUT2D eigenvalue weighted by atomic mass is 32.2. The Kier molecular flexibility index (Phi) is 5.48. The Hall–Kier alpha value is -2.94. The van der Waals surface area contributed by atoms with E-state index in [2.05, 4.69) is 20.8 Å². The highest BCUT2D eigenvalue weighted by Gasteiger charge is 2.31. The molecule has 0 saturated heterocycles. The smallest absolute Gasteiger partial charge is 0.238 e. The van der Waals surface area contributed by atoms with Crippen LogP contribution >= 0.6 is 11.8 Å². The van der Waals surface area contributed by atoms with Crippen molar-refractivity contribution in [2.45, 2.75) is 36.2 Å². The van der Waals surface area contributed by atoms with E-state index in [1.54, 1.807) is 23.9 Å². The first-order chi connectivity index (χ1) is 14.0. The summed E-state index contributed by atoms with van der Waals surface area (Å²) in [5, 5.41) is 14.8. The van der Waals surface area contributed by atoms with Gasteiger partial charge in [0, 0.05) is 6.04 Å². The van der Waals surface area contributed by atoms with Gasteiger partial charge in [-0.2, -0.15) is 4.68 Å². The monoisotopic (exact) mass is 413 g/mol. The molecular weight excluding hydrogens is 393 g/mol. The van der Waals surface area contributed by atoms with Gasteiger partial charge in [0.2, 0.25) is 11.1 Å². The summed E-state index contributed by atoms with van der Waals surface area (Å²) in [6.45, 7) is 1.96. The van der Waals surface area contributed by atoms with Gasteiger partial charge in [0.05, 0.1) is 7.11 Å². The van der Waals surface area contributed by atoms with Crippen LogP contribution in [0.25, 0.3) is 5.69 Å². The molecule has 1 aliphatic carbocycles. The van der Waals surface area contributed by atoms with E-state index >= 15 is 0 Å². The molecule has 3 aromatic rings. The van der Waals surface area contributed by atoms with Crippen molar-refractivity contribution >= 4 is 17.7 Å². The molecule has 2 aromatic carbocycles. The van der Waals surface area contributed by atoms with E-state index < -0.39 is 5.25 Å². The number of carbonyl (C=O) groups excluding carboxylic acids is 1. The quantitative estimate of drug-likeness (QED) is 0.599. The summed E-state index contributed by atoms with van der Waals surface area (Å²) in [6.07, 6.45) is 1.95. The van der Waals surface area contributed by atoms with E-state index in [0.717, 1.165) is 18.4 Å². The lowest BCUT2D eigenvalue weighted by molar-refractivity contribution is -0.120. The van der Waals surface area contributed by atoms with Gasteiger partial charge in [-0.05, 0) is 65.6 Å². The number of hydrogen-bond donors (Lipinski definition) is 1. The van der Waals surface area contributed by atoms with Crippen LogP contribution in [-0.2, 0) is 4.79 Å². The van der Waals surface area contributed by atoms with E-state index in [4.69, 9.17) is 4.74 Å². The Labute approximate surface area is 171 Å². The van der Waals surface area contributed by atoms with E-state index in [0.29, 0.717) is 22.2 Å². The fourth-order valence-electron chi connectivity index (χ4n) is 2.89. The maximum Gasteiger partial charge on any atom is 0.238 e. The minimum absolute atomic E-state index is 0.144. The summed E-state index contributed by atoms with van der Waals surface area (Å²) >= 11 is 1.22. The molecule has 0 bridgehead atoms. The number of amides is 1. The number of nitrogens with one attached hydrogen (secondary N) is 1. The number of thioether (sulfide) groups is 1. The lowest BCUT2D eigenvalue weighted by Gasteiger charge is -2.17. The molecule has 0 radical (unpaired) electrons. The number of ether oxygens (including phenoxy) is 1. The molecule has 1 atom stereocenters. The SMILES string of the molecule is COc1ccc(C)cc1-n1nnnc1SC(C(=O)NC1CC1)c1ccc(F)cc1. The molecule has 1 aromatic heterocycles. The van der Waals surface area contributed by atoms with Gasteiger partial charge in [0.15, 0.2) is 0 Å². The molecule has 150 valence electrons. The van der Waals surface area contributed by atoms with E-state index in [1.165, 1.54) is 23.9 Å². The molecule has 29 heavy (non-hydrogen) atoms. The second-order valence-corrected chi connectivity index (χ2v) is 7.95. The first-order valence-electron chi connectivity index (χ1n) is 9.21. The van der Waals surface area contributed by atoms with Crippen LogP contribution < -0.4 is 10.1 Å². The Morgan fingerprint density at radius 3 is 2.72 bits per heavy atom. The first-order valence-corrected chi connectivity index (χ1v) is 10.1. The zero-order valence-corrected chi connectivity index (χ0v) is 16.8. The Balaban J connectivity index is 1.68. The molecule has 1 aliphatic rings. The fraction of sp³-hybridized carbons (Fsp3) is 0.300. The molecule has 4 rings (SSSR count). The third-order valence-corrected chi connectivity index (χ3v) is 5.75. The summed E-state index contributed by atoms with van der Waals surface area (Å²) in [6, 6.07) is 11.8. The predicted octanol–water partition coefficient (Wildman–Crippen LogP) is 3.23. The van der Waals surface area contributed by atoms with Gasteiger partial charge < -0.3 is 10.1 Å². The number of nitrogens with zero attached hydrogens (tertiary/aromatic N) is 4. The summed E-state index contributed by atoms with van der Waals surface area (Å²) in [5.41, 5.74) is 2.38. The summed E-state index contributed by atoms with van der Waals surface area (Å²) in [5.74, 6) is 0.120. The minimum atomic E-state index is -0.614. The van der Waals surface area contributed by atoms with Crippen LogP contribution in [0.1, 0.15) is 29.2 Å². The van der Waals surface area contributed by atoms with Crippen LogP contribution in [0.3, 0.4) is 0 Å². The standard InChI is InChI=1S/C20H20FN5O2S/c1-12-3-10-17(28-2)16(11-12)26-20(23-24-25-26)29-18(19(27)22-15-8-9-15)13-4-6-14(21)7-5-13/h3-7,10-11,15,18H,8-9H2,1-2H3,(H,22,27). The van der Waals surface area contributed by atoms with Crippen molar-refractivity contribution in [3.05, 3.63) is 59.4 Å². The molecule has 1 saturated carbocycles. The topological polar surface area (TPSA) is 81.9 Å². The molecule has 1 N–H and O–H groups in total. The Morgan fingerprint density at radius 1 is 1.28 bits per heavy atom.